The molecule has 1 aromatic heterocycles. The number of aryl methyl sites for hydroxylation is 1. The molecule has 0 bridgehead atoms. The Morgan fingerprint density at radius 2 is 1.73 bits per heavy atom. The third-order valence-corrected chi connectivity index (χ3v) is 5.01. The Labute approximate surface area is 153 Å². The van der Waals surface area contributed by atoms with E-state index >= 15 is 0 Å². The van der Waals surface area contributed by atoms with Crippen molar-refractivity contribution in [1.29, 1.82) is 0 Å². The molecule has 6 nitrogen and oxygen atoms in total. The molecule has 3 aromatic rings. The molecule has 0 fully saturated rings. The molecule has 136 valence electrons. The van der Waals surface area contributed by atoms with Gasteiger partial charge in [0, 0.05) is 18.4 Å². The molecule has 26 heavy (non-hydrogen) atoms. The van der Waals surface area contributed by atoms with E-state index in [1.165, 1.54) is 12.1 Å². The maximum absolute atomic E-state index is 11.3. The van der Waals surface area contributed by atoms with E-state index in [2.05, 4.69) is 22.2 Å². The summed E-state index contributed by atoms with van der Waals surface area (Å²) in [6, 6.07) is 14.6. The van der Waals surface area contributed by atoms with Crippen molar-refractivity contribution in [2.75, 3.05) is 11.9 Å². The second kappa shape index (κ2) is 7.80. The number of nitrogens with zero attached hydrogens (tertiary/aromatic N) is 2. The molecule has 3 N–H and O–H groups in total. The van der Waals surface area contributed by atoms with Gasteiger partial charge in [-0.2, -0.15) is 0 Å². The summed E-state index contributed by atoms with van der Waals surface area (Å²) in [5, 5.41) is 9.50. The van der Waals surface area contributed by atoms with Crippen molar-refractivity contribution in [2.24, 2.45) is 5.14 Å². The van der Waals surface area contributed by atoms with Gasteiger partial charge in [0.2, 0.25) is 10.0 Å². The largest absolute Gasteiger partial charge is 0.369 e. The molecule has 1 heterocycles. The van der Waals surface area contributed by atoms with Crippen LogP contribution in [0.1, 0.15) is 24.7 Å². The molecule has 0 aliphatic heterocycles. The van der Waals surface area contributed by atoms with Crippen molar-refractivity contribution >= 4 is 26.7 Å². The van der Waals surface area contributed by atoms with Gasteiger partial charge in [-0.05, 0) is 42.7 Å². The second-order valence-corrected chi connectivity index (χ2v) is 7.68. The first-order chi connectivity index (χ1) is 12.5. The number of aromatic nitrogens is 2. The summed E-state index contributed by atoms with van der Waals surface area (Å²) in [5.41, 5.74) is 1.96. The van der Waals surface area contributed by atoms with Gasteiger partial charge in [-0.25, -0.2) is 23.5 Å². The smallest absolute Gasteiger partial charge is 0.238 e. The quantitative estimate of drug-likeness (QED) is 0.666. The molecule has 2 aromatic carbocycles. The summed E-state index contributed by atoms with van der Waals surface area (Å²) in [6.07, 6.45) is 2.58. The number of nitrogens with one attached hydrogen (secondary N) is 1. The number of hydrogen-bond acceptors (Lipinski definition) is 5. The first kappa shape index (κ1) is 18.3. The van der Waals surface area contributed by atoms with Crippen LogP contribution in [-0.4, -0.2) is 24.9 Å². The molecule has 0 aliphatic rings. The molecule has 0 saturated heterocycles. The lowest BCUT2D eigenvalue weighted by molar-refractivity contribution is 0.598. The van der Waals surface area contributed by atoms with E-state index in [0.717, 1.165) is 47.4 Å². The molecule has 0 saturated carbocycles. The Morgan fingerprint density at radius 1 is 1.00 bits per heavy atom. The highest BCUT2D eigenvalue weighted by atomic mass is 32.2. The van der Waals surface area contributed by atoms with Crippen LogP contribution in [-0.2, 0) is 22.9 Å². The minimum atomic E-state index is -3.65. The highest BCUT2D eigenvalue weighted by Gasteiger charge is 2.08. The zero-order chi connectivity index (χ0) is 18.6. The number of rotatable bonds is 7. The monoisotopic (exact) mass is 370 g/mol. The van der Waals surface area contributed by atoms with E-state index in [9.17, 15) is 8.42 Å². The van der Waals surface area contributed by atoms with E-state index in [-0.39, 0.29) is 4.90 Å². The summed E-state index contributed by atoms with van der Waals surface area (Å²) in [5.74, 6) is 1.67. The van der Waals surface area contributed by atoms with Gasteiger partial charge in [0.25, 0.3) is 0 Å². The van der Waals surface area contributed by atoms with Crippen molar-refractivity contribution in [3.8, 4) is 0 Å². The Morgan fingerprint density at radius 3 is 2.42 bits per heavy atom. The fourth-order valence-corrected chi connectivity index (χ4v) is 3.28. The van der Waals surface area contributed by atoms with Gasteiger partial charge >= 0.3 is 0 Å². The first-order valence-corrected chi connectivity index (χ1v) is 10.1. The number of anilines is 1. The van der Waals surface area contributed by atoms with Crippen LogP contribution in [0.3, 0.4) is 0 Å². The fourth-order valence-electron chi connectivity index (χ4n) is 2.77. The lowest BCUT2D eigenvalue weighted by Crippen LogP contribution is -2.12. The van der Waals surface area contributed by atoms with Crippen LogP contribution in [0.25, 0.3) is 10.9 Å². The summed E-state index contributed by atoms with van der Waals surface area (Å²) in [6.45, 7) is 2.79. The predicted molar refractivity (Wildman–Crippen MR) is 104 cm³/mol. The third kappa shape index (κ3) is 4.36. The molecule has 0 aliphatic carbocycles. The lowest BCUT2D eigenvalue weighted by Gasteiger charge is -2.11. The first-order valence-electron chi connectivity index (χ1n) is 8.58. The van der Waals surface area contributed by atoms with Gasteiger partial charge in [0.05, 0.1) is 10.4 Å². The maximum atomic E-state index is 11.3. The molecule has 0 atom stereocenters. The van der Waals surface area contributed by atoms with Gasteiger partial charge in [0.15, 0.2) is 0 Å². The van der Waals surface area contributed by atoms with Gasteiger partial charge in [-0.3, -0.25) is 0 Å². The van der Waals surface area contributed by atoms with Crippen molar-refractivity contribution in [3.63, 3.8) is 0 Å². The standard InChI is InChI=1S/C19H22N4O2S/c1-2-5-18-22-17-7-4-3-6-16(17)19(23-18)21-13-12-14-8-10-15(11-9-14)26(20,24)25/h3-4,6-11H,2,5,12-13H2,1H3,(H2,20,24,25)(H,21,22,23). The normalized spacial score (nSPS) is 11.6. The van der Waals surface area contributed by atoms with E-state index < -0.39 is 10.0 Å². The fraction of sp³-hybridized carbons (Fsp3) is 0.263. The highest BCUT2D eigenvalue weighted by molar-refractivity contribution is 7.89. The Bertz CT molecular complexity index is 1000. The van der Waals surface area contributed by atoms with E-state index in [1.54, 1.807) is 12.1 Å². The average Bonchev–Trinajstić information content (AvgIpc) is 2.62. The summed E-state index contributed by atoms with van der Waals surface area (Å²) in [7, 11) is -3.65. The van der Waals surface area contributed by atoms with Crippen LogP contribution in [0, 0.1) is 0 Å². The van der Waals surface area contributed by atoms with E-state index in [4.69, 9.17) is 5.14 Å². The zero-order valence-corrected chi connectivity index (χ0v) is 15.5. The molecular weight excluding hydrogens is 348 g/mol. The average molecular weight is 370 g/mol. The number of primary sulfonamides is 1. The number of fused-ring (bicyclic) bond motifs is 1. The molecular formula is C19H22N4O2S. The minimum absolute atomic E-state index is 0.125. The molecule has 0 unspecified atom stereocenters. The maximum Gasteiger partial charge on any atom is 0.238 e. The molecule has 3 rings (SSSR count). The summed E-state index contributed by atoms with van der Waals surface area (Å²) in [4.78, 5) is 9.38. The molecule has 0 spiro atoms. The number of para-hydroxylation sites is 1. The number of nitrogens with two attached hydrogens (primary N) is 1. The zero-order valence-electron chi connectivity index (χ0n) is 14.6. The van der Waals surface area contributed by atoms with Gasteiger partial charge < -0.3 is 5.32 Å². The molecule has 0 amide bonds. The van der Waals surface area contributed by atoms with Crippen LogP contribution in [0.5, 0.6) is 0 Å². The predicted octanol–water partition coefficient (Wildman–Crippen LogP) is 2.88. The van der Waals surface area contributed by atoms with E-state index in [1.807, 2.05) is 24.3 Å². The molecule has 7 heteroatoms. The summed E-state index contributed by atoms with van der Waals surface area (Å²) < 4.78 is 22.6. The van der Waals surface area contributed by atoms with Gasteiger partial charge in [-0.1, -0.05) is 31.2 Å². The van der Waals surface area contributed by atoms with Crippen LogP contribution in [0.15, 0.2) is 53.4 Å². The van der Waals surface area contributed by atoms with Crippen LogP contribution < -0.4 is 10.5 Å². The second-order valence-electron chi connectivity index (χ2n) is 6.12. The third-order valence-electron chi connectivity index (χ3n) is 4.08. The Kier molecular flexibility index (Phi) is 5.49. The Balaban J connectivity index is 1.73. The molecule has 0 radical (unpaired) electrons. The van der Waals surface area contributed by atoms with Crippen molar-refractivity contribution in [3.05, 3.63) is 59.9 Å². The van der Waals surface area contributed by atoms with Gasteiger partial charge in [-0.15, -0.1) is 0 Å². The van der Waals surface area contributed by atoms with Crippen LogP contribution in [0.2, 0.25) is 0 Å². The minimum Gasteiger partial charge on any atom is -0.369 e. The van der Waals surface area contributed by atoms with Crippen molar-refractivity contribution in [1.82, 2.24) is 9.97 Å². The SMILES string of the molecule is CCCc1nc(NCCc2ccc(S(N)(=O)=O)cc2)c2ccccc2n1. The van der Waals surface area contributed by atoms with Crippen LogP contribution in [0.4, 0.5) is 5.82 Å². The number of sulfonamides is 1. The number of hydrogen-bond donors (Lipinski definition) is 2. The Hall–Kier alpha value is -2.51. The number of benzene rings is 2. The lowest BCUT2D eigenvalue weighted by atomic mass is 10.1. The summed E-state index contributed by atoms with van der Waals surface area (Å²) >= 11 is 0. The van der Waals surface area contributed by atoms with Crippen molar-refractivity contribution < 1.29 is 8.42 Å². The highest BCUT2D eigenvalue weighted by Crippen LogP contribution is 2.20. The van der Waals surface area contributed by atoms with Gasteiger partial charge in [0.1, 0.15) is 11.6 Å². The van der Waals surface area contributed by atoms with Crippen LogP contribution >= 0.6 is 0 Å². The van der Waals surface area contributed by atoms with Crippen molar-refractivity contribution in [2.45, 2.75) is 31.1 Å². The van der Waals surface area contributed by atoms with E-state index in [0.29, 0.717) is 6.54 Å². The topological polar surface area (TPSA) is 98.0 Å².